The molecule has 0 unspecified atom stereocenters. The Morgan fingerprint density at radius 3 is 2.85 bits per heavy atom. The predicted molar refractivity (Wildman–Crippen MR) is 100.0 cm³/mol. The highest BCUT2D eigenvalue weighted by atomic mass is 32.2. The second-order valence-corrected chi connectivity index (χ2v) is 6.80. The second kappa shape index (κ2) is 7.13. The number of thioether (sulfide) groups is 1. The molecular weight excluding hydrogens is 348 g/mol. The van der Waals surface area contributed by atoms with Gasteiger partial charge in [-0.05, 0) is 30.7 Å². The molecule has 0 N–H and O–H groups in total. The first-order valence-corrected chi connectivity index (χ1v) is 9.11. The standard InChI is InChI=1S/C19H16N4O2S/c1-13-5-4-8-23-10-14(21-19(13)23)11-25-18(24)12-26-17-9-20-15-6-2-3-7-16(15)22-17/h2-10H,11-12H2,1H3. The van der Waals surface area contributed by atoms with Gasteiger partial charge in [-0.3, -0.25) is 9.78 Å². The van der Waals surface area contributed by atoms with Gasteiger partial charge in [-0.15, -0.1) is 0 Å². The summed E-state index contributed by atoms with van der Waals surface area (Å²) < 4.78 is 7.25. The van der Waals surface area contributed by atoms with Crippen LogP contribution in [0.3, 0.4) is 0 Å². The van der Waals surface area contributed by atoms with E-state index in [0.717, 1.165) is 27.9 Å². The lowest BCUT2D eigenvalue weighted by atomic mass is 10.3. The van der Waals surface area contributed by atoms with Crippen molar-refractivity contribution < 1.29 is 9.53 Å². The van der Waals surface area contributed by atoms with Crippen molar-refractivity contribution in [2.24, 2.45) is 0 Å². The van der Waals surface area contributed by atoms with Crippen LogP contribution >= 0.6 is 11.8 Å². The molecule has 0 atom stereocenters. The second-order valence-electron chi connectivity index (χ2n) is 5.80. The first-order chi connectivity index (χ1) is 12.7. The number of hydrogen-bond acceptors (Lipinski definition) is 6. The molecule has 0 spiro atoms. The molecule has 7 heteroatoms. The number of rotatable bonds is 5. The molecule has 0 bridgehead atoms. The summed E-state index contributed by atoms with van der Waals surface area (Å²) in [4.78, 5) is 25.3. The van der Waals surface area contributed by atoms with E-state index in [2.05, 4.69) is 15.0 Å². The summed E-state index contributed by atoms with van der Waals surface area (Å²) in [5, 5.41) is 0.698. The Morgan fingerprint density at radius 1 is 1.15 bits per heavy atom. The van der Waals surface area contributed by atoms with E-state index in [1.807, 2.05) is 60.1 Å². The van der Waals surface area contributed by atoms with E-state index in [1.54, 1.807) is 6.20 Å². The number of aromatic nitrogens is 4. The summed E-state index contributed by atoms with van der Waals surface area (Å²) >= 11 is 1.31. The van der Waals surface area contributed by atoms with Gasteiger partial charge in [0.15, 0.2) is 0 Å². The zero-order chi connectivity index (χ0) is 17.9. The molecule has 4 aromatic rings. The van der Waals surface area contributed by atoms with Crippen molar-refractivity contribution in [3.63, 3.8) is 0 Å². The van der Waals surface area contributed by atoms with Crippen LogP contribution in [0, 0.1) is 6.92 Å². The van der Waals surface area contributed by atoms with Gasteiger partial charge in [0.05, 0.1) is 28.7 Å². The Hall–Kier alpha value is -2.93. The fourth-order valence-corrected chi connectivity index (χ4v) is 3.25. The number of fused-ring (bicyclic) bond motifs is 2. The topological polar surface area (TPSA) is 69.4 Å². The number of carbonyl (C=O) groups excluding carboxylic acids is 1. The fourth-order valence-electron chi connectivity index (χ4n) is 2.61. The number of ether oxygens (including phenoxy) is 1. The van der Waals surface area contributed by atoms with Gasteiger partial charge in [-0.1, -0.05) is 30.0 Å². The van der Waals surface area contributed by atoms with Gasteiger partial charge in [0.2, 0.25) is 0 Å². The molecule has 26 heavy (non-hydrogen) atoms. The molecule has 1 aromatic carbocycles. The Labute approximate surface area is 154 Å². The van der Waals surface area contributed by atoms with Gasteiger partial charge in [0.1, 0.15) is 17.3 Å². The van der Waals surface area contributed by atoms with E-state index >= 15 is 0 Å². The Morgan fingerprint density at radius 2 is 2.00 bits per heavy atom. The van der Waals surface area contributed by atoms with Crippen molar-refractivity contribution >= 4 is 34.4 Å². The van der Waals surface area contributed by atoms with Crippen LogP contribution in [0.1, 0.15) is 11.3 Å². The molecule has 0 aliphatic heterocycles. The van der Waals surface area contributed by atoms with Gasteiger partial charge in [-0.25, -0.2) is 9.97 Å². The number of para-hydroxylation sites is 2. The Balaban J connectivity index is 1.35. The highest BCUT2D eigenvalue weighted by Gasteiger charge is 2.09. The van der Waals surface area contributed by atoms with Crippen LogP contribution in [0.4, 0.5) is 0 Å². The number of imidazole rings is 1. The number of aryl methyl sites for hydroxylation is 1. The van der Waals surface area contributed by atoms with Gasteiger partial charge >= 0.3 is 5.97 Å². The fraction of sp³-hybridized carbons (Fsp3) is 0.158. The third-order valence-corrected chi connectivity index (χ3v) is 4.75. The van der Waals surface area contributed by atoms with Gasteiger partial charge in [-0.2, -0.15) is 0 Å². The first kappa shape index (κ1) is 16.5. The number of pyridine rings is 1. The maximum atomic E-state index is 12.0. The normalized spacial score (nSPS) is 11.1. The molecule has 0 aliphatic rings. The van der Waals surface area contributed by atoms with E-state index in [0.29, 0.717) is 5.03 Å². The van der Waals surface area contributed by atoms with Crippen LogP contribution in [-0.2, 0) is 16.1 Å². The average Bonchev–Trinajstić information content (AvgIpc) is 3.09. The van der Waals surface area contributed by atoms with Crippen molar-refractivity contribution in [1.29, 1.82) is 0 Å². The smallest absolute Gasteiger partial charge is 0.316 e. The summed E-state index contributed by atoms with van der Waals surface area (Å²) in [6.45, 7) is 2.16. The van der Waals surface area contributed by atoms with Gasteiger partial charge < -0.3 is 9.14 Å². The molecule has 0 radical (unpaired) electrons. The molecule has 3 heterocycles. The molecule has 4 rings (SSSR count). The maximum Gasteiger partial charge on any atom is 0.316 e. The largest absolute Gasteiger partial charge is 0.458 e. The number of esters is 1. The van der Waals surface area contributed by atoms with Crippen molar-refractivity contribution in [2.75, 3.05) is 5.75 Å². The summed E-state index contributed by atoms with van der Waals surface area (Å²) in [5.74, 6) is -0.127. The maximum absolute atomic E-state index is 12.0. The van der Waals surface area contributed by atoms with E-state index in [-0.39, 0.29) is 18.3 Å². The number of hydrogen-bond donors (Lipinski definition) is 0. The van der Waals surface area contributed by atoms with E-state index in [9.17, 15) is 4.79 Å². The van der Waals surface area contributed by atoms with Gasteiger partial charge in [0.25, 0.3) is 0 Å². The molecular formula is C19H16N4O2S. The van der Waals surface area contributed by atoms with Crippen LogP contribution < -0.4 is 0 Å². The highest BCUT2D eigenvalue weighted by Crippen LogP contribution is 2.18. The predicted octanol–water partition coefficient (Wildman–Crippen LogP) is 3.42. The zero-order valence-electron chi connectivity index (χ0n) is 14.1. The van der Waals surface area contributed by atoms with Crippen molar-refractivity contribution in [3.05, 3.63) is 66.2 Å². The minimum absolute atomic E-state index is 0.157. The molecule has 0 aliphatic carbocycles. The zero-order valence-corrected chi connectivity index (χ0v) is 14.9. The van der Waals surface area contributed by atoms with E-state index in [4.69, 9.17) is 4.74 Å². The van der Waals surface area contributed by atoms with Crippen LogP contribution in [0.2, 0.25) is 0 Å². The molecule has 0 saturated carbocycles. The average molecular weight is 364 g/mol. The highest BCUT2D eigenvalue weighted by molar-refractivity contribution is 7.99. The quantitative estimate of drug-likeness (QED) is 0.399. The summed E-state index contributed by atoms with van der Waals surface area (Å²) in [6.07, 6.45) is 5.47. The summed E-state index contributed by atoms with van der Waals surface area (Å²) in [5.41, 5.74) is 4.32. The molecule has 6 nitrogen and oxygen atoms in total. The van der Waals surface area contributed by atoms with Crippen molar-refractivity contribution in [3.8, 4) is 0 Å². The molecule has 0 saturated heterocycles. The Kier molecular flexibility index (Phi) is 4.53. The van der Waals surface area contributed by atoms with Crippen LogP contribution in [0.15, 0.2) is 60.0 Å². The number of nitrogens with zero attached hydrogens (tertiary/aromatic N) is 4. The lowest BCUT2D eigenvalue weighted by molar-refractivity contribution is -0.141. The van der Waals surface area contributed by atoms with Crippen molar-refractivity contribution in [2.45, 2.75) is 18.6 Å². The third kappa shape index (κ3) is 3.52. The summed E-state index contributed by atoms with van der Waals surface area (Å²) in [6, 6.07) is 11.6. The molecule has 3 aromatic heterocycles. The lowest BCUT2D eigenvalue weighted by Crippen LogP contribution is -2.07. The number of benzene rings is 1. The molecule has 0 amide bonds. The minimum Gasteiger partial charge on any atom is -0.458 e. The minimum atomic E-state index is -0.307. The third-order valence-electron chi connectivity index (χ3n) is 3.87. The van der Waals surface area contributed by atoms with Crippen LogP contribution in [0.25, 0.3) is 16.7 Å². The van der Waals surface area contributed by atoms with Crippen LogP contribution in [0.5, 0.6) is 0 Å². The SMILES string of the molecule is Cc1cccn2cc(COC(=O)CSc3cnc4ccccc4n3)nc12. The monoisotopic (exact) mass is 364 g/mol. The first-order valence-electron chi connectivity index (χ1n) is 8.12. The Bertz CT molecular complexity index is 1090. The lowest BCUT2D eigenvalue weighted by Gasteiger charge is -2.03. The molecule has 130 valence electrons. The van der Waals surface area contributed by atoms with Crippen LogP contribution in [-0.4, -0.2) is 31.1 Å². The van der Waals surface area contributed by atoms with Crippen molar-refractivity contribution in [1.82, 2.24) is 19.4 Å². The molecule has 0 fully saturated rings. The van der Waals surface area contributed by atoms with Gasteiger partial charge in [0, 0.05) is 12.4 Å². The summed E-state index contributed by atoms with van der Waals surface area (Å²) in [7, 11) is 0. The number of carbonyl (C=O) groups is 1. The van der Waals surface area contributed by atoms with E-state index < -0.39 is 0 Å². The van der Waals surface area contributed by atoms with E-state index in [1.165, 1.54) is 11.8 Å².